The third-order valence-electron chi connectivity index (χ3n) is 1.49. The van der Waals surface area contributed by atoms with E-state index in [2.05, 4.69) is 5.32 Å². The Hall–Kier alpha value is -0.770. The minimum absolute atomic E-state index is 0. The number of carbonyl (C=O) groups excluding carboxylic acids is 1. The van der Waals surface area contributed by atoms with E-state index < -0.39 is 0 Å². The van der Waals surface area contributed by atoms with Gasteiger partial charge in [-0.25, -0.2) is 4.79 Å². The summed E-state index contributed by atoms with van der Waals surface area (Å²) < 4.78 is 4.94. The van der Waals surface area contributed by atoms with Crippen molar-refractivity contribution in [2.45, 2.75) is 13.5 Å². The van der Waals surface area contributed by atoms with E-state index in [9.17, 15) is 4.79 Å². The van der Waals surface area contributed by atoms with Crippen LogP contribution in [0.15, 0.2) is 0 Å². The summed E-state index contributed by atoms with van der Waals surface area (Å²) in [5.41, 5.74) is 0. The predicted molar refractivity (Wildman–Crippen MR) is 43.6 cm³/mol. The van der Waals surface area contributed by atoms with Gasteiger partial charge in [0.1, 0.15) is 6.10 Å². The van der Waals surface area contributed by atoms with E-state index in [0.29, 0.717) is 6.54 Å². The van der Waals surface area contributed by atoms with Crippen LogP contribution in [-0.2, 0) is 4.74 Å². The van der Waals surface area contributed by atoms with Crippen LogP contribution in [0.4, 0.5) is 4.79 Å². The summed E-state index contributed by atoms with van der Waals surface area (Å²) in [6, 6.07) is 0. The van der Waals surface area contributed by atoms with Gasteiger partial charge in [0.15, 0.2) is 0 Å². The fourth-order valence-electron chi connectivity index (χ4n) is 0.984. The number of hydrogen-bond acceptors (Lipinski definition) is 3. The van der Waals surface area contributed by atoms with Crippen molar-refractivity contribution in [3.05, 3.63) is 0 Å². The van der Waals surface area contributed by atoms with Gasteiger partial charge in [-0.2, -0.15) is 0 Å². The molecule has 1 unspecified atom stereocenters. The molecule has 0 aromatic carbocycles. The van der Waals surface area contributed by atoms with E-state index >= 15 is 0 Å². The number of ether oxygens (including phenoxy) is 1. The van der Waals surface area contributed by atoms with Crippen LogP contribution in [0.5, 0.6) is 0 Å². The van der Waals surface area contributed by atoms with Crippen LogP contribution in [0.3, 0.4) is 0 Å². The Morgan fingerprint density at radius 2 is 2.45 bits per heavy atom. The maximum Gasteiger partial charge on any atom is 0.410 e. The van der Waals surface area contributed by atoms with Gasteiger partial charge in [-0.05, 0) is 7.05 Å². The van der Waals surface area contributed by atoms with Crippen LogP contribution >= 0.6 is 0 Å². The van der Waals surface area contributed by atoms with Gasteiger partial charge in [0, 0.05) is 13.6 Å². The second-order valence-electron chi connectivity index (χ2n) is 2.44. The van der Waals surface area contributed by atoms with Gasteiger partial charge in [-0.1, -0.05) is 7.43 Å². The summed E-state index contributed by atoms with van der Waals surface area (Å²) >= 11 is 0. The smallest absolute Gasteiger partial charge is 0.410 e. The lowest BCUT2D eigenvalue weighted by Crippen LogP contribution is -2.27. The molecule has 66 valence electrons. The van der Waals surface area contributed by atoms with Crippen LogP contribution in [0.2, 0.25) is 0 Å². The number of nitrogens with one attached hydrogen (secondary N) is 1. The number of nitrogens with zero attached hydrogens (tertiary/aromatic N) is 1. The van der Waals surface area contributed by atoms with Gasteiger partial charge in [-0.15, -0.1) is 0 Å². The number of cyclic esters (lactones) is 1. The predicted octanol–water partition coefficient (Wildman–Crippen LogP) is 0.292. The molecule has 11 heavy (non-hydrogen) atoms. The second kappa shape index (κ2) is 4.18. The summed E-state index contributed by atoms with van der Waals surface area (Å²) in [5.74, 6) is 0. The molecular weight excluding hydrogens is 144 g/mol. The highest BCUT2D eigenvalue weighted by molar-refractivity contribution is 5.69. The minimum atomic E-state index is -0.222. The number of amides is 1. The first-order chi connectivity index (χ1) is 4.74. The fourth-order valence-corrected chi connectivity index (χ4v) is 0.984. The average molecular weight is 160 g/mol. The molecule has 4 nitrogen and oxygen atoms in total. The number of carbonyl (C=O) groups is 1. The third-order valence-corrected chi connectivity index (χ3v) is 1.49. The zero-order valence-corrected chi connectivity index (χ0v) is 6.26. The maximum atomic E-state index is 10.7. The largest absolute Gasteiger partial charge is 0.443 e. The quantitative estimate of drug-likeness (QED) is 0.631. The standard InChI is InChI=1S/C6H12N2O2.CH4/c1-7-3-5-4-8(2)6(9)10-5;/h5,7H,3-4H2,1-2H3;1H4. The summed E-state index contributed by atoms with van der Waals surface area (Å²) in [4.78, 5) is 12.3. The molecule has 1 aliphatic rings. The van der Waals surface area contributed by atoms with Gasteiger partial charge < -0.3 is 15.0 Å². The van der Waals surface area contributed by atoms with E-state index in [1.165, 1.54) is 0 Å². The molecule has 1 N–H and O–H groups in total. The van der Waals surface area contributed by atoms with Crippen LogP contribution in [-0.4, -0.2) is 44.3 Å². The first kappa shape index (κ1) is 10.2. The highest BCUT2D eigenvalue weighted by Crippen LogP contribution is 2.06. The SMILES string of the molecule is C.CNCC1CN(C)C(=O)O1. The highest BCUT2D eigenvalue weighted by Gasteiger charge is 2.26. The van der Waals surface area contributed by atoms with E-state index in [1.807, 2.05) is 7.05 Å². The molecule has 0 spiro atoms. The molecule has 0 aromatic heterocycles. The first-order valence-corrected chi connectivity index (χ1v) is 3.30. The molecule has 1 aliphatic heterocycles. The molecule has 0 saturated carbocycles. The minimum Gasteiger partial charge on any atom is -0.443 e. The Morgan fingerprint density at radius 3 is 2.82 bits per heavy atom. The third kappa shape index (κ3) is 2.38. The molecule has 1 fully saturated rings. The van der Waals surface area contributed by atoms with Crippen molar-refractivity contribution in [2.75, 3.05) is 27.2 Å². The molecule has 0 radical (unpaired) electrons. The number of rotatable bonds is 2. The second-order valence-corrected chi connectivity index (χ2v) is 2.44. The molecule has 0 aromatic rings. The average Bonchev–Trinajstić information content (AvgIpc) is 2.14. The molecule has 1 atom stereocenters. The van der Waals surface area contributed by atoms with Crippen LogP contribution in [0, 0.1) is 0 Å². The normalized spacial score (nSPS) is 22.9. The first-order valence-electron chi connectivity index (χ1n) is 3.30. The van der Waals surface area contributed by atoms with E-state index in [-0.39, 0.29) is 19.6 Å². The van der Waals surface area contributed by atoms with Crippen LogP contribution in [0.1, 0.15) is 7.43 Å². The Kier molecular flexibility index (Phi) is 3.89. The molecule has 1 heterocycles. The van der Waals surface area contributed by atoms with Gasteiger partial charge in [0.2, 0.25) is 0 Å². The summed E-state index contributed by atoms with van der Waals surface area (Å²) in [6.07, 6.45) is -0.192. The number of likely N-dealkylation sites (N-methyl/N-ethyl adjacent to an activating group) is 2. The Balaban J connectivity index is 0.000001000. The Bertz CT molecular complexity index is 138. The van der Waals surface area contributed by atoms with Crippen LogP contribution < -0.4 is 5.32 Å². The van der Waals surface area contributed by atoms with Crippen molar-refractivity contribution in [3.63, 3.8) is 0 Å². The van der Waals surface area contributed by atoms with Crippen LogP contribution in [0.25, 0.3) is 0 Å². The van der Waals surface area contributed by atoms with E-state index in [4.69, 9.17) is 4.74 Å². The Labute approximate surface area is 67.5 Å². The van der Waals surface area contributed by atoms with Crippen molar-refractivity contribution >= 4 is 6.09 Å². The summed E-state index contributed by atoms with van der Waals surface area (Å²) in [7, 11) is 3.57. The lowest BCUT2D eigenvalue weighted by Gasteiger charge is -2.04. The van der Waals surface area contributed by atoms with Gasteiger partial charge >= 0.3 is 6.09 Å². The zero-order chi connectivity index (χ0) is 7.56. The van der Waals surface area contributed by atoms with Crippen molar-refractivity contribution in [1.82, 2.24) is 10.2 Å². The van der Waals surface area contributed by atoms with Gasteiger partial charge in [0.25, 0.3) is 0 Å². The van der Waals surface area contributed by atoms with E-state index in [1.54, 1.807) is 11.9 Å². The van der Waals surface area contributed by atoms with Crippen molar-refractivity contribution < 1.29 is 9.53 Å². The molecule has 1 saturated heterocycles. The Morgan fingerprint density at radius 1 is 1.82 bits per heavy atom. The molecular formula is C7H16N2O2. The van der Waals surface area contributed by atoms with Gasteiger partial charge in [-0.3, -0.25) is 0 Å². The number of hydrogen-bond donors (Lipinski definition) is 1. The fraction of sp³-hybridized carbons (Fsp3) is 0.857. The van der Waals surface area contributed by atoms with Crippen molar-refractivity contribution in [1.29, 1.82) is 0 Å². The monoisotopic (exact) mass is 160 g/mol. The van der Waals surface area contributed by atoms with Crippen molar-refractivity contribution in [2.24, 2.45) is 0 Å². The summed E-state index contributed by atoms with van der Waals surface area (Å²) in [6.45, 7) is 1.43. The molecule has 1 amide bonds. The van der Waals surface area contributed by atoms with E-state index in [0.717, 1.165) is 6.54 Å². The molecule has 4 heteroatoms. The molecule has 1 rings (SSSR count). The molecule has 0 aliphatic carbocycles. The van der Waals surface area contributed by atoms with Crippen molar-refractivity contribution in [3.8, 4) is 0 Å². The van der Waals surface area contributed by atoms with Gasteiger partial charge in [0.05, 0.1) is 6.54 Å². The highest BCUT2D eigenvalue weighted by atomic mass is 16.6. The molecule has 0 bridgehead atoms. The zero-order valence-electron chi connectivity index (χ0n) is 6.26. The maximum absolute atomic E-state index is 10.7. The lowest BCUT2D eigenvalue weighted by molar-refractivity contribution is 0.134. The lowest BCUT2D eigenvalue weighted by atomic mass is 10.3. The topological polar surface area (TPSA) is 41.6 Å². The summed E-state index contributed by atoms with van der Waals surface area (Å²) in [5, 5.41) is 2.95.